The van der Waals surface area contributed by atoms with Crippen molar-refractivity contribution < 1.29 is 14.3 Å². The molecule has 1 rings (SSSR count). The van der Waals surface area contributed by atoms with Crippen LogP contribution in [-0.4, -0.2) is 45.5 Å². The SMILES string of the molecule is COc1ccc(CCN(C)CC=O)c(OC)c1C. The monoisotopic (exact) mass is 251 g/mol. The molecule has 0 aliphatic carbocycles. The van der Waals surface area contributed by atoms with Crippen molar-refractivity contribution >= 4 is 6.29 Å². The molecule has 4 nitrogen and oxygen atoms in total. The summed E-state index contributed by atoms with van der Waals surface area (Å²) < 4.78 is 10.7. The topological polar surface area (TPSA) is 38.8 Å². The molecule has 0 atom stereocenters. The second kappa shape index (κ2) is 7.01. The number of carbonyl (C=O) groups excluding carboxylic acids is 1. The second-order valence-corrected chi connectivity index (χ2v) is 4.26. The summed E-state index contributed by atoms with van der Waals surface area (Å²) in [5, 5.41) is 0. The average molecular weight is 251 g/mol. The summed E-state index contributed by atoms with van der Waals surface area (Å²) in [5.74, 6) is 1.70. The van der Waals surface area contributed by atoms with E-state index in [9.17, 15) is 4.79 Å². The largest absolute Gasteiger partial charge is 0.496 e. The van der Waals surface area contributed by atoms with Crippen LogP contribution in [0.25, 0.3) is 0 Å². The van der Waals surface area contributed by atoms with E-state index < -0.39 is 0 Å². The summed E-state index contributed by atoms with van der Waals surface area (Å²) in [6.45, 7) is 3.26. The van der Waals surface area contributed by atoms with Crippen molar-refractivity contribution in [1.29, 1.82) is 0 Å². The average Bonchev–Trinajstić information content (AvgIpc) is 2.36. The van der Waals surface area contributed by atoms with Crippen LogP contribution in [0.2, 0.25) is 0 Å². The number of aldehydes is 1. The van der Waals surface area contributed by atoms with Gasteiger partial charge in [-0.3, -0.25) is 4.90 Å². The van der Waals surface area contributed by atoms with Gasteiger partial charge in [0.25, 0.3) is 0 Å². The van der Waals surface area contributed by atoms with Crippen LogP contribution in [0.5, 0.6) is 11.5 Å². The van der Waals surface area contributed by atoms with E-state index in [2.05, 4.69) is 0 Å². The molecule has 0 amide bonds. The van der Waals surface area contributed by atoms with Gasteiger partial charge in [-0.25, -0.2) is 0 Å². The number of ether oxygens (including phenoxy) is 2. The smallest absolute Gasteiger partial charge is 0.133 e. The fourth-order valence-corrected chi connectivity index (χ4v) is 1.96. The highest BCUT2D eigenvalue weighted by Crippen LogP contribution is 2.31. The molecule has 0 aliphatic heterocycles. The van der Waals surface area contributed by atoms with Crippen LogP contribution in [0.15, 0.2) is 12.1 Å². The van der Waals surface area contributed by atoms with E-state index in [1.54, 1.807) is 14.2 Å². The Kier molecular flexibility index (Phi) is 5.65. The van der Waals surface area contributed by atoms with Gasteiger partial charge in [-0.15, -0.1) is 0 Å². The molecule has 4 heteroatoms. The Morgan fingerprint density at radius 3 is 2.56 bits per heavy atom. The number of methoxy groups -OCH3 is 2. The second-order valence-electron chi connectivity index (χ2n) is 4.26. The Balaban J connectivity index is 2.82. The number of carbonyl (C=O) groups is 1. The highest BCUT2D eigenvalue weighted by molar-refractivity contribution is 5.52. The first kappa shape index (κ1) is 14.5. The van der Waals surface area contributed by atoms with Crippen LogP contribution >= 0.6 is 0 Å². The van der Waals surface area contributed by atoms with Gasteiger partial charge in [0.2, 0.25) is 0 Å². The lowest BCUT2D eigenvalue weighted by atomic mass is 10.1. The zero-order valence-electron chi connectivity index (χ0n) is 11.5. The molecule has 0 heterocycles. The molecule has 100 valence electrons. The molecular weight excluding hydrogens is 230 g/mol. The quantitative estimate of drug-likeness (QED) is 0.691. The Labute approximate surface area is 108 Å². The van der Waals surface area contributed by atoms with Crippen LogP contribution in [0.1, 0.15) is 11.1 Å². The Bertz CT molecular complexity index is 404. The molecule has 0 fully saturated rings. The molecule has 1 aromatic rings. The molecule has 0 unspecified atom stereocenters. The Morgan fingerprint density at radius 2 is 2.00 bits per heavy atom. The lowest BCUT2D eigenvalue weighted by Crippen LogP contribution is -2.23. The van der Waals surface area contributed by atoms with Gasteiger partial charge in [0, 0.05) is 12.1 Å². The number of hydrogen-bond donors (Lipinski definition) is 0. The molecular formula is C14H21NO3. The van der Waals surface area contributed by atoms with Crippen molar-refractivity contribution in [2.75, 3.05) is 34.4 Å². The molecule has 0 aliphatic rings. The maximum atomic E-state index is 10.4. The standard InChI is InChI=1S/C14H21NO3/c1-11-13(17-3)6-5-12(14(11)18-4)7-8-15(2)9-10-16/h5-6,10H,7-9H2,1-4H3. The van der Waals surface area contributed by atoms with E-state index in [0.717, 1.165) is 41.9 Å². The minimum Gasteiger partial charge on any atom is -0.496 e. The third kappa shape index (κ3) is 3.47. The maximum Gasteiger partial charge on any atom is 0.133 e. The Morgan fingerprint density at radius 1 is 1.28 bits per heavy atom. The highest BCUT2D eigenvalue weighted by Gasteiger charge is 2.11. The van der Waals surface area contributed by atoms with Crippen LogP contribution in [0, 0.1) is 6.92 Å². The van der Waals surface area contributed by atoms with Gasteiger partial charge in [0.1, 0.15) is 17.8 Å². The van der Waals surface area contributed by atoms with E-state index in [1.165, 1.54) is 0 Å². The van der Waals surface area contributed by atoms with Gasteiger partial charge in [-0.2, -0.15) is 0 Å². The maximum absolute atomic E-state index is 10.4. The molecule has 0 bridgehead atoms. The van der Waals surface area contributed by atoms with E-state index in [0.29, 0.717) is 6.54 Å². The first-order valence-electron chi connectivity index (χ1n) is 5.96. The molecule has 0 spiro atoms. The summed E-state index contributed by atoms with van der Waals surface area (Å²) in [6.07, 6.45) is 1.76. The number of benzene rings is 1. The predicted octanol–water partition coefficient (Wildman–Crippen LogP) is 1.69. The number of rotatable bonds is 7. The molecule has 1 aromatic carbocycles. The fourth-order valence-electron chi connectivity index (χ4n) is 1.96. The van der Waals surface area contributed by atoms with Crippen molar-refractivity contribution in [3.63, 3.8) is 0 Å². The van der Waals surface area contributed by atoms with Crippen LogP contribution < -0.4 is 9.47 Å². The van der Waals surface area contributed by atoms with Gasteiger partial charge < -0.3 is 14.3 Å². The minimum atomic E-state index is 0.456. The van der Waals surface area contributed by atoms with Crippen molar-refractivity contribution in [2.45, 2.75) is 13.3 Å². The molecule has 18 heavy (non-hydrogen) atoms. The van der Waals surface area contributed by atoms with E-state index >= 15 is 0 Å². The van der Waals surface area contributed by atoms with Crippen LogP contribution in [-0.2, 0) is 11.2 Å². The van der Waals surface area contributed by atoms with Crippen LogP contribution in [0.3, 0.4) is 0 Å². The molecule has 0 aromatic heterocycles. The zero-order chi connectivity index (χ0) is 13.5. The molecule has 0 radical (unpaired) electrons. The van der Waals surface area contributed by atoms with Gasteiger partial charge in [-0.05, 0) is 32.0 Å². The lowest BCUT2D eigenvalue weighted by molar-refractivity contribution is -0.108. The van der Waals surface area contributed by atoms with Crippen molar-refractivity contribution in [3.05, 3.63) is 23.3 Å². The highest BCUT2D eigenvalue weighted by atomic mass is 16.5. The van der Waals surface area contributed by atoms with Gasteiger partial charge in [0.05, 0.1) is 20.8 Å². The first-order chi connectivity index (χ1) is 8.63. The third-order valence-electron chi connectivity index (χ3n) is 3.01. The van der Waals surface area contributed by atoms with Gasteiger partial charge >= 0.3 is 0 Å². The van der Waals surface area contributed by atoms with Crippen molar-refractivity contribution in [2.24, 2.45) is 0 Å². The number of nitrogens with zero attached hydrogens (tertiary/aromatic N) is 1. The lowest BCUT2D eigenvalue weighted by Gasteiger charge is -2.17. The zero-order valence-corrected chi connectivity index (χ0v) is 11.5. The number of likely N-dealkylation sites (N-methyl/N-ethyl adjacent to an activating group) is 1. The Hall–Kier alpha value is -1.55. The first-order valence-corrected chi connectivity index (χ1v) is 5.96. The van der Waals surface area contributed by atoms with E-state index in [-0.39, 0.29) is 0 Å². The van der Waals surface area contributed by atoms with Crippen molar-refractivity contribution in [1.82, 2.24) is 4.90 Å². The number of hydrogen-bond acceptors (Lipinski definition) is 4. The van der Waals surface area contributed by atoms with Gasteiger partial charge in [-0.1, -0.05) is 6.07 Å². The van der Waals surface area contributed by atoms with E-state index in [4.69, 9.17) is 9.47 Å². The van der Waals surface area contributed by atoms with E-state index in [1.807, 2.05) is 31.0 Å². The van der Waals surface area contributed by atoms with Crippen LogP contribution in [0.4, 0.5) is 0 Å². The van der Waals surface area contributed by atoms with Gasteiger partial charge in [0.15, 0.2) is 0 Å². The molecule has 0 N–H and O–H groups in total. The summed E-state index contributed by atoms with van der Waals surface area (Å²) in [6, 6.07) is 3.96. The summed E-state index contributed by atoms with van der Waals surface area (Å²) in [4.78, 5) is 12.4. The molecule has 0 saturated carbocycles. The predicted molar refractivity (Wildman–Crippen MR) is 71.5 cm³/mol. The summed E-state index contributed by atoms with van der Waals surface area (Å²) >= 11 is 0. The molecule has 0 saturated heterocycles. The summed E-state index contributed by atoms with van der Waals surface area (Å²) in [7, 11) is 5.25. The normalized spacial score (nSPS) is 10.5. The third-order valence-corrected chi connectivity index (χ3v) is 3.01. The van der Waals surface area contributed by atoms with Crippen molar-refractivity contribution in [3.8, 4) is 11.5 Å². The summed E-state index contributed by atoms with van der Waals surface area (Å²) in [5.41, 5.74) is 2.14. The minimum absolute atomic E-state index is 0.456. The fraction of sp³-hybridized carbons (Fsp3) is 0.500.